The van der Waals surface area contributed by atoms with Gasteiger partial charge < -0.3 is 10.4 Å². The monoisotopic (exact) mass is 303 g/mol. The lowest BCUT2D eigenvalue weighted by Gasteiger charge is -2.08. The summed E-state index contributed by atoms with van der Waals surface area (Å²) in [6.07, 6.45) is 1.17. The molecule has 0 spiro atoms. The number of carboxylic acid groups (broad SMARTS) is 1. The summed E-state index contributed by atoms with van der Waals surface area (Å²) in [6.45, 7) is 2.21. The zero-order valence-corrected chi connectivity index (χ0v) is 11.0. The number of nitrogens with one attached hydrogen (secondary N) is 1. The molecule has 0 saturated heterocycles. The summed E-state index contributed by atoms with van der Waals surface area (Å²) in [5, 5.41) is 12.3. The van der Waals surface area contributed by atoms with Gasteiger partial charge in [0.1, 0.15) is 0 Å². The van der Waals surface area contributed by atoms with Crippen molar-refractivity contribution in [2.24, 2.45) is 0 Å². The van der Waals surface area contributed by atoms with Crippen molar-refractivity contribution in [3.63, 3.8) is 0 Å². The summed E-state index contributed by atoms with van der Waals surface area (Å²) >= 11 is 9.22. The molecule has 86 valence electrons. The van der Waals surface area contributed by atoms with Crippen molar-refractivity contribution in [2.45, 2.75) is 6.92 Å². The third kappa shape index (κ3) is 4.24. The molecule has 0 aromatic heterocycles. The molecule has 2 N–H and O–H groups in total. The topological polar surface area (TPSA) is 49.3 Å². The molecule has 0 aliphatic rings. The van der Waals surface area contributed by atoms with Crippen LogP contribution in [0.4, 0.5) is 5.69 Å². The maximum atomic E-state index is 10.4. The lowest BCUT2D eigenvalue weighted by Crippen LogP contribution is -2.05. The Balaban J connectivity index is 2.68. The summed E-state index contributed by atoms with van der Waals surface area (Å²) < 4.78 is 0.889. The predicted molar refractivity (Wildman–Crippen MR) is 69.0 cm³/mol. The molecule has 5 heteroatoms. The van der Waals surface area contributed by atoms with E-state index in [0.717, 1.165) is 15.7 Å². The van der Waals surface area contributed by atoms with Crippen LogP contribution in [0.15, 0.2) is 34.3 Å². The van der Waals surface area contributed by atoms with Crippen LogP contribution < -0.4 is 5.32 Å². The first-order valence-electron chi connectivity index (χ1n) is 4.58. The van der Waals surface area contributed by atoms with E-state index in [2.05, 4.69) is 21.2 Å². The average Bonchev–Trinajstić information content (AvgIpc) is 2.18. The van der Waals surface area contributed by atoms with Crippen molar-refractivity contribution in [3.8, 4) is 0 Å². The van der Waals surface area contributed by atoms with Gasteiger partial charge in [-0.15, -0.1) is 0 Å². The van der Waals surface area contributed by atoms with E-state index in [4.69, 9.17) is 16.7 Å². The first kappa shape index (κ1) is 13.1. The Morgan fingerprint density at radius 2 is 2.31 bits per heavy atom. The Kier molecular flexibility index (Phi) is 4.83. The Morgan fingerprint density at radius 1 is 1.62 bits per heavy atom. The van der Waals surface area contributed by atoms with Gasteiger partial charge in [-0.1, -0.05) is 11.6 Å². The van der Waals surface area contributed by atoms with Gasteiger partial charge in [0.05, 0.1) is 5.69 Å². The minimum Gasteiger partial charge on any atom is -0.478 e. The van der Waals surface area contributed by atoms with Crippen molar-refractivity contribution >= 4 is 39.2 Å². The molecular weight excluding hydrogens is 293 g/mol. The zero-order valence-electron chi connectivity index (χ0n) is 8.63. The van der Waals surface area contributed by atoms with Crippen LogP contribution in [-0.2, 0) is 4.79 Å². The maximum Gasteiger partial charge on any atom is 0.328 e. The second-order valence-corrected chi connectivity index (χ2v) is 4.60. The second kappa shape index (κ2) is 5.92. The van der Waals surface area contributed by atoms with E-state index in [1.165, 1.54) is 6.08 Å². The Bertz CT molecular complexity index is 432. The standard InChI is InChI=1S/C11H11BrClNO2/c1-7(4-11(15)16)6-14-10-5-8(13)2-3-9(10)12/h2-5,14H,6H2,1H3,(H,15,16)/b7-4-. The number of aliphatic carboxylic acids is 1. The third-order valence-electron chi connectivity index (χ3n) is 1.86. The maximum absolute atomic E-state index is 10.4. The van der Waals surface area contributed by atoms with Crippen LogP contribution in [0.5, 0.6) is 0 Å². The Labute approximate surface area is 107 Å². The zero-order chi connectivity index (χ0) is 12.1. The molecule has 3 nitrogen and oxygen atoms in total. The fourth-order valence-electron chi connectivity index (χ4n) is 1.13. The van der Waals surface area contributed by atoms with Gasteiger partial charge >= 0.3 is 5.97 Å². The molecule has 0 amide bonds. The van der Waals surface area contributed by atoms with Gasteiger partial charge in [0.2, 0.25) is 0 Å². The largest absolute Gasteiger partial charge is 0.478 e. The predicted octanol–water partition coefficient (Wildman–Crippen LogP) is 3.55. The number of carboxylic acids is 1. The first-order valence-corrected chi connectivity index (χ1v) is 5.75. The van der Waals surface area contributed by atoms with E-state index in [0.29, 0.717) is 11.6 Å². The van der Waals surface area contributed by atoms with Crippen LogP contribution in [0, 0.1) is 0 Å². The molecular formula is C11H11BrClNO2. The number of anilines is 1. The van der Waals surface area contributed by atoms with Gasteiger partial charge in [-0.05, 0) is 46.6 Å². The van der Waals surface area contributed by atoms with E-state index >= 15 is 0 Å². The second-order valence-electron chi connectivity index (χ2n) is 3.31. The van der Waals surface area contributed by atoms with Crippen molar-refractivity contribution in [3.05, 3.63) is 39.3 Å². The highest BCUT2D eigenvalue weighted by Crippen LogP contribution is 2.25. The van der Waals surface area contributed by atoms with E-state index in [9.17, 15) is 4.79 Å². The summed E-state index contributed by atoms with van der Waals surface area (Å²) in [6, 6.07) is 5.39. The highest BCUT2D eigenvalue weighted by atomic mass is 79.9. The van der Waals surface area contributed by atoms with Gasteiger partial charge in [-0.2, -0.15) is 0 Å². The summed E-state index contributed by atoms with van der Waals surface area (Å²) in [7, 11) is 0. The molecule has 0 aliphatic carbocycles. The van der Waals surface area contributed by atoms with Crippen LogP contribution in [0.1, 0.15) is 6.92 Å². The molecule has 0 fully saturated rings. The Hall–Kier alpha value is -1.000. The molecule has 1 rings (SSSR count). The molecule has 1 aromatic rings. The van der Waals surface area contributed by atoms with Crippen LogP contribution in [0.25, 0.3) is 0 Å². The number of hydrogen-bond donors (Lipinski definition) is 2. The fraction of sp³-hybridized carbons (Fsp3) is 0.182. The highest BCUT2D eigenvalue weighted by molar-refractivity contribution is 9.10. The van der Waals surface area contributed by atoms with Gasteiger partial charge in [-0.25, -0.2) is 4.79 Å². The number of hydrogen-bond acceptors (Lipinski definition) is 2. The molecule has 0 heterocycles. The number of carbonyl (C=O) groups is 1. The quantitative estimate of drug-likeness (QED) is 0.836. The number of rotatable bonds is 4. The number of benzene rings is 1. The van der Waals surface area contributed by atoms with Crippen LogP contribution in [-0.4, -0.2) is 17.6 Å². The van der Waals surface area contributed by atoms with Gasteiger partial charge in [-0.3, -0.25) is 0 Å². The third-order valence-corrected chi connectivity index (χ3v) is 2.78. The summed E-state index contributed by atoms with van der Waals surface area (Å²) in [4.78, 5) is 10.4. The normalized spacial score (nSPS) is 11.3. The van der Waals surface area contributed by atoms with E-state index in [1.54, 1.807) is 19.1 Å². The van der Waals surface area contributed by atoms with Crippen LogP contribution in [0.2, 0.25) is 5.02 Å². The van der Waals surface area contributed by atoms with Crippen molar-refractivity contribution < 1.29 is 9.90 Å². The lowest BCUT2D eigenvalue weighted by atomic mass is 10.2. The molecule has 1 aromatic carbocycles. The van der Waals surface area contributed by atoms with Crippen molar-refractivity contribution in [1.82, 2.24) is 0 Å². The SMILES string of the molecule is C/C(=C/C(=O)O)CNc1cc(Cl)ccc1Br. The molecule has 0 unspecified atom stereocenters. The Morgan fingerprint density at radius 3 is 2.94 bits per heavy atom. The molecule has 0 atom stereocenters. The van der Waals surface area contributed by atoms with Crippen LogP contribution in [0.3, 0.4) is 0 Å². The molecule has 0 radical (unpaired) electrons. The van der Waals surface area contributed by atoms with Crippen molar-refractivity contribution in [2.75, 3.05) is 11.9 Å². The van der Waals surface area contributed by atoms with E-state index in [-0.39, 0.29) is 0 Å². The van der Waals surface area contributed by atoms with E-state index in [1.807, 2.05) is 6.07 Å². The summed E-state index contributed by atoms with van der Waals surface area (Å²) in [5.74, 6) is -0.940. The fourth-order valence-corrected chi connectivity index (χ4v) is 1.69. The smallest absolute Gasteiger partial charge is 0.328 e. The minimum absolute atomic E-state index is 0.464. The molecule has 16 heavy (non-hydrogen) atoms. The lowest BCUT2D eigenvalue weighted by molar-refractivity contribution is -0.131. The highest BCUT2D eigenvalue weighted by Gasteiger charge is 2.01. The minimum atomic E-state index is -0.940. The van der Waals surface area contributed by atoms with E-state index < -0.39 is 5.97 Å². The summed E-state index contributed by atoms with van der Waals surface area (Å²) in [5.41, 5.74) is 1.57. The van der Waals surface area contributed by atoms with Crippen molar-refractivity contribution in [1.29, 1.82) is 0 Å². The average molecular weight is 305 g/mol. The molecule has 0 bridgehead atoms. The van der Waals surface area contributed by atoms with Crippen LogP contribution >= 0.6 is 27.5 Å². The van der Waals surface area contributed by atoms with Gasteiger partial charge in [0, 0.05) is 22.1 Å². The van der Waals surface area contributed by atoms with Gasteiger partial charge in [0.25, 0.3) is 0 Å². The number of halogens is 2. The molecule has 0 saturated carbocycles. The van der Waals surface area contributed by atoms with Gasteiger partial charge in [0.15, 0.2) is 0 Å². The molecule has 0 aliphatic heterocycles. The first-order chi connectivity index (χ1) is 7.49.